The largest absolute Gasteiger partial charge is 0.326 e. The molecule has 0 saturated heterocycles. The third-order valence-corrected chi connectivity index (χ3v) is 3.83. The predicted octanol–water partition coefficient (Wildman–Crippen LogP) is 4.59. The first-order chi connectivity index (χ1) is 9.13. The van der Waals surface area contributed by atoms with Gasteiger partial charge >= 0.3 is 0 Å². The van der Waals surface area contributed by atoms with Gasteiger partial charge in [-0.15, -0.1) is 11.8 Å². The van der Waals surface area contributed by atoms with Crippen LogP contribution in [-0.4, -0.2) is 5.91 Å². The van der Waals surface area contributed by atoms with E-state index in [4.69, 9.17) is 11.6 Å². The van der Waals surface area contributed by atoms with Crippen molar-refractivity contribution >= 4 is 35.0 Å². The lowest BCUT2D eigenvalue weighted by molar-refractivity contribution is -0.114. The summed E-state index contributed by atoms with van der Waals surface area (Å²) in [5.41, 5.74) is 2.06. The van der Waals surface area contributed by atoms with E-state index >= 15 is 0 Å². The van der Waals surface area contributed by atoms with Crippen molar-refractivity contribution in [3.05, 3.63) is 59.1 Å². The molecule has 2 aromatic carbocycles. The highest BCUT2D eigenvalue weighted by Crippen LogP contribution is 2.24. The number of rotatable bonds is 4. The van der Waals surface area contributed by atoms with Crippen molar-refractivity contribution in [2.45, 2.75) is 17.6 Å². The molecule has 0 spiro atoms. The first-order valence-corrected chi connectivity index (χ1v) is 7.25. The van der Waals surface area contributed by atoms with Crippen molar-refractivity contribution in [2.75, 3.05) is 5.32 Å². The van der Waals surface area contributed by atoms with Gasteiger partial charge in [0.25, 0.3) is 0 Å². The van der Waals surface area contributed by atoms with Crippen molar-refractivity contribution in [2.24, 2.45) is 0 Å². The highest BCUT2D eigenvalue weighted by Gasteiger charge is 1.99. The van der Waals surface area contributed by atoms with Crippen LogP contribution in [-0.2, 0) is 10.5 Å². The van der Waals surface area contributed by atoms with Crippen LogP contribution in [0.3, 0.4) is 0 Å². The van der Waals surface area contributed by atoms with Crippen LogP contribution in [0.5, 0.6) is 0 Å². The van der Waals surface area contributed by atoms with Crippen LogP contribution in [0.15, 0.2) is 53.4 Å². The molecular weight excluding hydrogens is 278 g/mol. The van der Waals surface area contributed by atoms with E-state index in [0.717, 1.165) is 16.5 Å². The van der Waals surface area contributed by atoms with E-state index in [2.05, 4.69) is 5.32 Å². The topological polar surface area (TPSA) is 29.1 Å². The summed E-state index contributed by atoms with van der Waals surface area (Å²) >= 11 is 7.60. The Morgan fingerprint density at radius 1 is 1.11 bits per heavy atom. The van der Waals surface area contributed by atoms with Crippen LogP contribution in [0.1, 0.15) is 12.5 Å². The Morgan fingerprint density at radius 2 is 1.74 bits per heavy atom. The molecule has 2 nitrogen and oxygen atoms in total. The van der Waals surface area contributed by atoms with Crippen molar-refractivity contribution < 1.29 is 4.79 Å². The van der Waals surface area contributed by atoms with Gasteiger partial charge in [-0.1, -0.05) is 23.7 Å². The molecule has 1 N–H and O–H groups in total. The smallest absolute Gasteiger partial charge is 0.221 e. The minimum atomic E-state index is -0.0541. The highest BCUT2D eigenvalue weighted by molar-refractivity contribution is 7.98. The molecule has 2 rings (SSSR count). The Morgan fingerprint density at radius 3 is 2.32 bits per heavy atom. The highest BCUT2D eigenvalue weighted by atomic mass is 35.5. The van der Waals surface area contributed by atoms with E-state index in [1.54, 1.807) is 11.8 Å². The van der Waals surface area contributed by atoms with Gasteiger partial charge in [0.05, 0.1) is 0 Å². The minimum absolute atomic E-state index is 0.0541. The van der Waals surface area contributed by atoms with Crippen LogP contribution in [0.4, 0.5) is 5.69 Å². The summed E-state index contributed by atoms with van der Waals surface area (Å²) in [6.07, 6.45) is 0. The summed E-state index contributed by atoms with van der Waals surface area (Å²) in [4.78, 5) is 12.1. The molecule has 98 valence electrons. The zero-order chi connectivity index (χ0) is 13.7. The van der Waals surface area contributed by atoms with Gasteiger partial charge in [-0.05, 0) is 42.0 Å². The average molecular weight is 292 g/mol. The molecule has 0 aliphatic heterocycles. The molecule has 0 unspecified atom stereocenters. The second kappa shape index (κ2) is 6.64. The van der Waals surface area contributed by atoms with Crippen LogP contribution < -0.4 is 5.32 Å². The number of halogens is 1. The van der Waals surface area contributed by atoms with Gasteiger partial charge in [-0.25, -0.2) is 0 Å². The molecule has 0 saturated carbocycles. The fourth-order valence-corrected chi connectivity index (χ4v) is 2.57. The quantitative estimate of drug-likeness (QED) is 0.835. The number of nitrogens with one attached hydrogen (secondary N) is 1. The number of carbonyl (C=O) groups excluding carboxylic acids is 1. The van der Waals surface area contributed by atoms with Crippen molar-refractivity contribution in [3.63, 3.8) is 0 Å². The summed E-state index contributed by atoms with van der Waals surface area (Å²) in [6, 6.07) is 15.7. The second-order valence-corrected chi connectivity index (χ2v) is 5.61. The number of anilines is 1. The first kappa shape index (κ1) is 14.0. The van der Waals surface area contributed by atoms with Gasteiger partial charge in [-0.2, -0.15) is 0 Å². The Bertz CT molecular complexity index is 551. The van der Waals surface area contributed by atoms with Crippen LogP contribution in [0.25, 0.3) is 0 Å². The predicted molar refractivity (Wildman–Crippen MR) is 81.8 cm³/mol. The molecule has 0 atom stereocenters. The van der Waals surface area contributed by atoms with Crippen LogP contribution in [0, 0.1) is 0 Å². The van der Waals surface area contributed by atoms with Gasteiger partial charge in [-0.3, -0.25) is 4.79 Å². The van der Waals surface area contributed by atoms with Gasteiger partial charge in [0.1, 0.15) is 0 Å². The van der Waals surface area contributed by atoms with E-state index < -0.39 is 0 Å². The molecule has 1 amide bonds. The summed E-state index contributed by atoms with van der Waals surface area (Å²) < 4.78 is 0. The maximum atomic E-state index is 10.9. The Balaban J connectivity index is 1.92. The van der Waals surface area contributed by atoms with Gasteiger partial charge in [0, 0.05) is 28.3 Å². The molecule has 0 radical (unpaired) electrons. The van der Waals surface area contributed by atoms with Crippen molar-refractivity contribution in [1.29, 1.82) is 0 Å². The molecule has 0 bridgehead atoms. The maximum Gasteiger partial charge on any atom is 0.221 e. The number of benzene rings is 2. The Hall–Kier alpha value is -1.45. The Kier molecular flexibility index (Phi) is 4.88. The summed E-state index contributed by atoms with van der Waals surface area (Å²) in [7, 11) is 0. The zero-order valence-electron chi connectivity index (χ0n) is 10.5. The molecule has 0 aliphatic carbocycles. The fourth-order valence-electron chi connectivity index (χ4n) is 1.59. The van der Waals surface area contributed by atoms with E-state index in [1.807, 2.05) is 48.5 Å². The van der Waals surface area contributed by atoms with Crippen LogP contribution >= 0.6 is 23.4 Å². The zero-order valence-corrected chi connectivity index (χ0v) is 12.1. The third kappa shape index (κ3) is 4.62. The second-order valence-electron chi connectivity index (χ2n) is 4.12. The molecular formula is C15H14ClNOS. The SMILES string of the molecule is CC(=O)Nc1ccc(SCc2ccc(Cl)cc2)cc1. The minimum Gasteiger partial charge on any atom is -0.326 e. The molecule has 0 aromatic heterocycles. The summed E-state index contributed by atoms with van der Waals surface area (Å²) in [5.74, 6) is 0.845. The van der Waals surface area contributed by atoms with E-state index in [9.17, 15) is 4.79 Å². The lowest BCUT2D eigenvalue weighted by Gasteiger charge is -2.05. The van der Waals surface area contributed by atoms with Gasteiger partial charge in [0.2, 0.25) is 5.91 Å². The lowest BCUT2D eigenvalue weighted by atomic mass is 10.2. The van der Waals surface area contributed by atoms with E-state index in [1.165, 1.54) is 17.4 Å². The molecule has 2 aromatic rings. The van der Waals surface area contributed by atoms with Crippen molar-refractivity contribution in [3.8, 4) is 0 Å². The fraction of sp³-hybridized carbons (Fsp3) is 0.133. The molecule has 19 heavy (non-hydrogen) atoms. The Labute approximate surface area is 122 Å². The number of hydrogen-bond acceptors (Lipinski definition) is 2. The van der Waals surface area contributed by atoms with E-state index in [-0.39, 0.29) is 5.91 Å². The number of thioether (sulfide) groups is 1. The first-order valence-electron chi connectivity index (χ1n) is 5.88. The standard InChI is InChI=1S/C15H14ClNOS/c1-11(18)17-14-6-8-15(9-7-14)19-10-12-2-4-13(16)5-3-12/h2-9H,10H2,1H3,(H,17,18). The number of hydrogen-bond donors (Lipinski definition) is 1. The summed E-state index contributed by atoms with van der Waals surface area (Å²) in [5, 5.41) is 3.51. The number of carbonyl (C=O) groups is 1. The third-order valence-electron chi connectivity index (χ3n) is 2.49. The van der Waals surface area contributed by atoms with Gasteiger partial charge < -0.3 is 5.32 Å². The summed E-state index contributed by atoms with van der Waals surface area (Å²) in [6.45, 7) is 1.50. The van der Waals surface area contributed by atoms with Crippen LogP contribution in [0.2, 0.25) is 5.02 Å². The average Bonchev–Trinajstić information content (AvgIpc) is 2.39. The lowest BCUT2D eigenvalue weighted by Crippen LogP contribution is -2.05. The maximum absolute atomic E-state index is 10.9. The van der Waals surface area contributed by atoms with Crippen molar-refractivity contribution in [1.82, 2.24) is 0 Å². The monoisotopic (exact) mass is 291 g/mol. The van der Waals surface area contributed by atoms with Gasteiger partial charge in [0.15, 0.2) is 0 Å². The molecule has 0 heterocycles. The molecule has 0 fully saturated rings. The normalized spacial score (nSPS) is 10.2. The molecule has 4 heteroatoms. The number of amides is 1. The molecule has 0 aliphatic rings. The van der Waals surface area contributed by atoms with E-state index in [0.29, 0.717) is 0 Å².